The van der Waals surface area contributed by atoms with Crippen molar-refractivity contribution in [2.75, 3.05) is 23.1 Å². The molecule has 1 spiro atoms. The predicted molar refractivity (Wildman–Crippen MR) is 189 cm³/mol. The minimum atomic E-state index is -3.03. The van der Waals surface area contributed by atoms with Gasteiger partial charge in [-0.15, -0.1) is 0 Å². The van der Waals surface area contributed by atoms with Gasteiger partial charge in [-0.05, 0) is 55.3 Å². The number of hydrazone groups is 1. The maximum Gasteiger partial charge on any atom is 0.264 e. The van der Waals surface area contributed by atoms with Gasteiger partial charge in [0.25, 0.3) is 5.91 Å². The second-order valence-corrected chi connectivity index (χ2v) is 18.3. The van der Waals surface area contributed by atoms with Crippen LogP contribution in [0, 0.1) is 5.92 Å². The molecule has 0 bridgehead atoms. The third kappa shape index (κ3) is 5.82. The zero-order chi connectivity index (χ0) is 34.5. The third-order valence-corrected chi connectivity index (χ3v) is 13.3. The van der Waals surface area contributed by atoms with Crippen molar-refractivity contribution in [3.8, 4) is 0 Å². The lowest BCUT2D eigenvalue weighted by Crippen LogP contribution is -2.46. The van der Waals surface area contributed by atoms with Crippen LogP contribution in [0.25, 0.3) is 0 Å². The number of aliphatic hydroxyl groups excluding tert-OH is 1. The maximum atomic E-state index is 14.9. The van der Waals surface area contributed by atoms with Gasteiger partial charge in [-0.3, -0.25) is 14.4 Å². The van der Waals surface area contributed by atoms with E-state index in [0.717, 1.165) is 29.7 Å². The first kappa shape index (κ1) is 33.3. The van der Waals surface area contributed by atoms with Crippen LogP contribution in [0.3, 0.4) is 0 Å². The molecule has 11 heteroatoms. The van der Waals surface area contributed by atoms with Gasteiger partial charge in [0.05, 0.1) is 48.8 Å². The van der Waals surface area contributed by atoms with Crippen LogP contribution < -0.4 is 9.91 Å². The van der Waals surface area contributed by atoms with Crippen molar-refractivity contribution in [3.05, 3.63) is 95.6 Å². The van der Waals surface area contributed by atoms with E-state index in [9.17, 15) is 24.3 Å². The monoisotopic (exact) mass is 680 g/mol. The van der Waals surface area contributed by atoms with Gasteiger partial charge in [0.15, 0.2) is 13.9 Å². The Labute approximate surface area is 288 Å². The summed E-state index contributed by atoms with van der Waals surface area (Å²) in [5.74, 6) is -1.01. The molecular formula is C38H44N4O6Si. The Morgan fingerprint density at radius 2 is 1.73 bits per heavy atom. The van der Waals surface area contributed by atoms with Crippen molar-refractivity contribution in [2.24, 2.45) is 11.0 Å². The molecule has 3 aromatic carbocycles. The molecule has 0 radical (unpaired) electrons. The Morgan fingerprint density at radius 1 is 1.02 bits per heavy atom. The summed E-state index contributed by atoms with van der Waals surface area (Å²) in [6.45, 7) is 6.39. The van der Waals surface area contributed by atoms with Crippen LogP contribution in [-0.2, 0) is 31.3 Å². The summed E-state index contributed by atoms with van der Waals surface area (Å²) in [5.41, 5.74) is 2.57. The Morgan fingerprint density at radius 3 is 2.43 bits per heavy atom. The molecule has 4 aliphatic rings. The molecule has 49 heavy (non-hydrogen) atoms. The highest BCUT2D eigenvalue weighted by atomic mass is 28.4. The number of hydrogen-bond donors (Lipinski definition) is 2. The Kier molecular flexibility index (Phi) is 8.81. The summed E-state index contributed by atoms with van der Waals surface area (Å²) in [7, 11) is -3.03. The van der Waals surface area contributed by atoms with E-state index >= 15 is 0 Å². The fourth-order valence-electron chi connectivity index (χ4n) is 8.56. The third-order valence-electron chi connectivity index (χ3n) is 10.8. The van der Waals surface area contributed by atoms with Gasteiger partial charge in [-0.1, -0.05) is 67.6 Å². The molecule has 2 saturated heterocycles. The van der Waals surface area contributed by atoms with E-state index in [0.29, 0.717) is 42.9 Å². The molecule has 0 aliphatic carbocycles. The number of anilines is 2. The molecule has 0 aromatic heterocycles. The van der Waals surface area contributed by atoms with Gasteiger partial charge >= 0.3 is 0 Å². The highest BCUT2D eigenvalue weighted by Crippen LogP contribution is 2.60. The van der Waals surface area contributed by atoms with Crippen molar-refractivity contribution in [2.45, 2.75) is 82.0 Å². The summed E-state index contributed by atoms with van der Waals surface area (Å²) in [6, 6.07) is 24.8. The van der Waals surface area contributed by atoms with Crippen LogP contribution in [0.2, 0.25) is 18.6 Å². The van der Waals surface area contributed by atoms with Crippen LogP contribution in [-0.4, -0.2) is 71.9 Å². The number of benzene rings is 3. The molecule has 7 rings (SSSR count). The highest BCUT2D eigenvalue weighted by Gasteiger charge is 2.66. The molecule has 10 nitrogen and oxygen atoms in total. The minimum absolute atomic E-state index is 0.000571. The van der Waals surface area contributed by atoms with Gasteiger partial charge in [-0.25, -0.2) is 5.01 Å². The fraction of sp³-hybridized carbons (Fsp3) is 0.421. The van der Waals surface area contributed by atoms with Crippen LogP contribution in [0.1, 0.15) is 55.7 Å². The fourth-order valence-corrected chi connectivity index (χ4v) is 11.1. The van der Waals surface area contributed by atoms with Crippen molar-refractivity contribution in [1.82, 2.24) is 4.90 Å². The van der Waals surface area contributed by atoms with E-state index < -0.39 is 31.5 Å². The van der Waals surface area contributed by atoms with Gasteiger partial charge < -0.3 is 24.4 Å². The summed E-state index contributed by atoms with van der Waals surface area (Å²) in [6.07, 6.45) is 1.67. The van der Waals surface area contributed by atoms with Crippen LogP contribution in [0.4, 0.5) is 11.4 Å². The number of likely N-dealkylation sites (tertiary alicyclic amines) is 1. The number of rotatable bonds is 8. The standard InChI is InChI=1S/C38H44N4O6Si/c1-25-36(49(2,3)47)33(22-35(45)40-20-10-15-29(40)24-43)48-38(25)30-21-28(42-34(44)19-17-31(39-42)27-13-8-5-9-14-27)16-18-32(30)41(37(38)46)23-26-11-6-4-7-12-26/h4-9,11-14,16,18,21,25,29,33,36,43,47H,10,15,17,19-20,22-24H2,1-3H3/t25-,29-,33+,36-,38+/m0/s1. The molecule has 0 unspecified atom stereocenters. The number of hydrogen-bond acceptors (Lipinski definition) is 7. The average Bonchev–Trinajstić information content (AvgIpc) is 3.76. The van der Waals surface area contributed by atoms with E-state index in [1.54, 1.807) is 9.80 Å². The van der Waals surface area contributed by atoms with Crippen LogP contribution >= 0.6 is 0 Å². The van der Waals surface area contributed by atoms with Gasteiger partial charge in [-0.2, -0.15) is 5.10 Å². The van der Waals surface area contributed by atoms with E-state index in [4.69, 9.17) is 9.84 Å². The zero-order valence-corrected chi connectivity index (χ0v) is 29.3. The Hall–Kier alpha value is -4.16. The summed E-state index contributed by atoms with van der Waals surface area (Å²) >= 11 is 0. The molecule has 256 valence electrons. The molecule has 0 saturated carbocycles. The number of aliphatic hydroxyl groups is 1. The second-order valence-electron chi connectivity index (χ2n) is 14.3. The number of nitrogens with zero attached hydrogens (tertiary/aromatic N) is 4. The average molecular weight is 681 g/mol. The van der Waals surface area contributed by atoms with E-state index in [-0.39, 0.29) is 36.8 Å². The predicted octanol–water partition coefficient (Wildman–Crippen LogP) is 4.94. The number of fused-ring (bicyclic) bond motifs is 2. The summed E-state index contributed by atoms with van der Waals surface area (Å²) < 4.78 is 6.96. The molecule has 4 heterocycles. The van der Waals surface area contributed by atoms with Crippen molar-refractivity contribution >= 4 is 43.1 Å². The van der Waals surface area contributed by atoms with Crippen LogP contribution in [0.5, 0.6) is 0 Å². The molecule has 3 aromatic rings. The first-order chi connectivity index (χ1) is 23.5. The first-order valence-electron chi connectivity index (χ1n) is 17.3. The summed E-state index contributed by atoms with van der Waals surface area (Å²) in [5, 5.41) is 16.1. The Bertz CT molecular complexity index is 1780. The minimum Gasteiger partial charge on any atom is -0.432 e. The highest BCUT2D eigenvalue weighted by molar-refractivity contribution is 6.71. The van der Waals surface area contributed by atoms with E-state index in [2.05, 4.69) is 0 Å². The molecule has 3 amide bonds. The van der Waals surface area contributed by atoms with Crippen molar-refractivity contribution in [3.63, 3.8) is 0 Å². The lowest BCUT2D eigenvalue weighted by atomic mass is 9.82. The maximum absolute atomic E-state index is 14.9. The lowest BCUT2D eigenvalue weighted by molar-refractivity contribution is -0.150. The SMILES string of the molecule is C[C@H]1[C@H]([Si](C)(C)O)[C@@H](CC(=O)N2CCC[C@H]2CO)O[C@]12C(=O)N(Cc1ccccc1)c1ccc(N3N=C(c4ccccc4)CCC3=O)cc12. The van der Waals surface area contributed by atoms with Crippen LogP contribution in [0.15, 0.2) is 84.0 Å². The zero-order valence-electron chi connectivity index (χ0n) is 28.3. The second kappa shape index (κ2) is 12.9. The lowest BCUT2D eigenvalue weighted by Gasteiger charge is -2.33. The molecular weight excluding hydrogens is 637 g/mol. The first-order valence-corrected chi connectivity index (χ1v) is 20.3. The molecule has 2 N–H and O–H groups in total. The van der Waals surface area contributed by atoms with E-state index in [1.165, 1.54) is 5.01 Å². The van der Waals surface area contributed by atoms with Crippen molar-refractivity contribution in [1.29, 1.82) is 0 Å². The number of carbonyl (C=O) groups is 3. The normalized spacial score (nSPS) is 26.9. The van der Waals surface area contributed by atoms with Crippen molar-refractivity contribution < 1.29 is 29.0 Å². The quantitative estimate of drug-likeness (QED) is 0.325. The smallest absolute Gasteiger partial charge is 0.264 e. The number of amides is 3. The van der Waals surface area contributed by atoms with Gasteiger partial charge in [0.1, 0.15) is 0 Å². The van der Waals surface area contributed by atoms with Gasteiger partial charge in [0, 0.05) is 36.4 Å². The molecule has 5 atom stereocenters. The van der Waals surface area contributed by atoms with Gasteiger partial charge in [0.2, 0.25) is 11.8 Å². The number of ether oxygens (including phenoxy) is 1. The topological polar surface area (TPSA) is 123 Å². The van der Waals surface area contributed by atoms with E-state index in [1.807, 2.05) is 98.9 Å². The molecule has 4 aliphatic heterocycles. The molecule has 2 fully saturated rings. The Balaban J connectivity index is 1.32. The summed E-state index contributed by atoms with van der Waals surface area (Å²) in [4.78, 5) is 57.3. The largest absolute Gasteiger partial charge is 0.432 e. The number of carbonyl (C=O) groups excluding carboxylic acids is 3.